The predicted octanol–water partition coefficient (Wildman–Crippen LogP) is 2.21. The first-order chi connectivity index (χ1) is 7.65. The van der Waals surface area contributed by atoms with E-state index < -0.39 is 0 Å². The Labute approximate surface area is 96.9 Å². The molecular weight excluding hydrogens is 200 g/mol. The molecule has 0 spiro atoms. The van der Waals surface area contributed by atoms with Crippen LogP contribution in [0.25, 0.3) is 0 Å². The van der Waals surface area contributed by atoms with Crippen LogP contribution in [0.1, 0.15) is 24.8 Å². The molecule has 0 aliphatic heterocycles. The zero-order valence-electron chi connectivity index (χ0n) is 9.82. The fourth-order valence-electron chi connectivity index (χ4n) is 2.19. The van der Waals surface area contributed by atoms with Crippen LogP contribution in [0.3, 0.4) is 0 Å². The number of rotatable bonds is 4. The molecule has 0 radical (unpaired) electrons. The first kappa shape index (κ1) is 11.3. The van der Waals surface area contributed by atoms with Gasteiger partial charge in [-0.3, -0.25) is 0 Å². The quantitative estimate of drug-likeness (QED) is 0.604. The average molecular weight is 220 g/mol. The summed E-state index contributed by atoms with van der Waals surface area (Å²) in [6, 6.07) is 5.46. The summed E-state index contributed by atoms with van der Waals surface area (Å²) >= 11 is 0. The van der Waals surface area contributed by atoms with E-state index in [0.29, 0.717) is 5.69 Å². The second-order valence-electron chi connectivity index (χ2n) is 4.89. The van der Waals surface area contributed by atoms with Gasteiger partial charge in [-0.2, -0.15) is 0 Å². The Balaban J connectivity index is 1.89. The third-order valence-electron chi connectivity index (χ3n) is 3.34. The molecule has 3 heteroatoms. The third-order valence-corrected chi connectivity index (χ3v) is 3.34. The van der Waals surface area contributed by atoms with Crippen molar-refractivity contribution in [3.05, 3.63) is 23.8 Å². The molecule has 0 amide bonds. The van der Waals surface area contributed by atoms with E-state index in [1.54, 1.807) is 6.07 Å². The molecule has 88 valence electrons. The van der Waals surface area contributed by atoms with Gasteiger partial charge in [0.2, 0.25) is 0 Å². The van der Waals surface area contributed by atoms with Gasteiger partial charge in [0.15, 0.2) is 0 Å². The van der Waals surface area contributed by atoms with Gasteiger partial charge in [0.25, 0.3) is 0 Å². The molecule has 0 saturated heterocycles. The van der Waals surface area contributed by atoms with Crippen molar-refractivity contribution in [2.24, 2.45) is 5.92 Å². The van der Waals surface area contributed by atoms with E-state index in [0.717, 1.165) is 18.0 Å². The van der Waals surface area contributed by atoms with E-state index in [1.165, 1.54) is 25.8 Å². The summed E-state index contributed by atoms with van der Waals surface area (Å²) in [6.45, 7) is 2.07. The lowest BCUT2D eigenvalue weighted by molar-refractivity contribution is 0.200. The lowest BCUT2D eigenvalue weighted by Gasteiger charge is -2.30. The highest BCUT2D eigenvalue weighted by Gasteiger charge is 2.18. The molecule has 0 unspecified atom stereocenters. The van der Waals surface area contributed by atoms with Crippen LogP contribution in [0, 0.1) is 5.92 Å². The predicted molar refractivity (Wildman–Crippen MR) is 66.2 cm³/mol. The highest BCUT2D eigenvalue weighted by atomic mass is 16.3. The molecule has 3 N–H and O–H groups in total. The van der Waals surface area contributed by atoms with Gasteiger partial charge < -0.3 is 15.7 Å². The molecule has 3 nitrogen and oxygen atoms in total. The van der Waals surface area contributed by atoms with Crippen LogP contribution in [-0.4, -0.2) is 23.6 Å². The third kappa shape index (κ3) is 2.67. The molecule has 1 aromatic rings. The van der Waals surface area contributed by atoms with Crippen LogP contribution in [0.2, 0.25) is 0 Å². The van der Waals surface area contributed by atoms with Crippen molar-refractivity contribution in [1.29, 1.82) is 0 Å². The number of hydrogen-bond acceptors (Lipinski definition) is 3. The summed E-state index contributed by atoms with van der Waals surface area (Å²) in [6.07, 6.45) is 4.15. The highest BCUT2D eigenvalue weighted by molar-refractivity contribution is 5.53. The van der Waals surface area contributed by atoms with Crippen LogP contribution in [0.5, 0.6) is 5.75 Å². The lowest BCUT2D eigenvalue weighted by Crippen LogP contribution is -2.29. The van der Waals surface area contributed by atoms with Crippen LogP contribution in [0.15, 0.2) is 18.2 Å². The number of benzene rings is 1. The number of hydrogen-bond donors (Lipinski definition) is 2. The summed E-state index contributed by atoms with van der Waals surface area (Å²) in [4.78, 5) is 2.33. The van der Waals surface area contributed by atoms with Crippen LogP contribution < -0.4 is 5.73 Å². The van der Waals surface area contributed by atoms with Gasteiger partial charge in [-0.1, -0.05) is 12.5 Å². The molecule has 0 bridgehead atoms. The minimum Gasteiger partial charge on any atom is -0.506 e. The van der Waals surface area contributed by atoms with Crippen molar-refractivity contribution in [2.75, 3.05) is 19.3 Å². The summed E-state index contributed by atoms with van der Waals surface area (Å²) in [7, 11) is 2.14. The summed E-state index contributed by atoms with van der Waals surface area (Å²) < 4.78 is 0. The maximum atomic E-state index is 9.33. The standard InChI is InChI=1S/C13H20N2O/c1-15(8-10-3-2-4-10)9-11-5-6-13(16)12(14)7-11/h5-7,10,16H,2-4,8-9,14H2,1H3. The number of phenolic OH excluding ortho intramolecular Hbond substituents is 1. The summed E-state index contributed by atoms with van der Waals surface area (Å²) in [5, 5.41) is 9.33. The smallest absolute Gasteiger partial charge is 0.138 e. The van der Waals surface area contributed by atoms with E-state index in [2.05, 4.69) is 11.9 Å². The monoisotopic (exact) mass is 220 g/mol. The molecule has 1 aliphatic carbocycles. The molecule has 2 rings (SSSR count). The molecule has 1 aromatic carbocycles. The van der Waals surface area contributed by atoms with Gasteiger partial charge in [0, 0.05) is 13.1 Å². The first-order valence-electron chi connectivity index (χ1n) is 5.91. The van der Waals surface area contributed by atoms with Gasteiger partial charge in [0.05, 0.1) is 5.69 Å². The zero-order valence-corrected chi connectivity index (χ0v) is 9.82. The van der Waals surface area contributed by atoms with E-state index in [9.17, 15) is 5.11 Å². The van der Waals surface area contributed by atoms with Crippen molar-refractivity contribution in [3.63, 3.8) is 0 Å². The van der Waals surface area contributed by atoms with Crippen LogP contribution in [-0.2, 0) is 6.54 Å². The lowest BCUT2D eigenvalue weighted by atomic mass is 9.85. The first-order valence-corrected chi connectivity index (χ1v) is 5.91. The normalized spacial score (nSPS) is 16.4. The molecule has 0 atom stereocenters. The molecule has 1 saturated carbocycles. The Kier molecular flexibility index (Phi) is 3.34. The Morgan fingerprint density at radius 2 is 2.19 bits per heavy atom. The number of nitrogen functional groups attached to an aromatic ring is 1. The van der Waals surface area contributed by atoms with Gasteiger partial charge in [-0.05, 0) is 43.5 Å². The van der Waals surface area contributed by atoms with E-state index >= 15 is 0 Å². The fraction of sp³-hybridized carbons (Fsp3) is 0.538. The SMILES string of the molecule is CN(Cc1ccc(O)c(N)c1)CC1CCC1. The summed E-state index contributed by atoms with van der Waals surface area (Å²) in [5.74, 6) is 1.06. The molecule has 1 fully saturated rings. The summed E-state index contributed by atoms with van der Waals surface area (Å²) in [5.41, 5.74) is 7.30. The van der Waals surface area contributed by atoms with Gasteiger partial charge >= 0.3 is 0 Å². The molecular formula is C13H20N2O. The Hall–Kier alpha value is -1.22. The van der Waals surface area contributed by atoms with Crippen molar-refractivity contribution in [3.8, 4) is 5.75 Å². The number of aromatic hydroxyl groups is 1. The average Bonchev–Trinajstić information content (AvgIpc) is 2.18. The maximum Gasteiger partial charge on any atom is 0.138 e. The van der Waals surface area contributed by atoms with E-state index in [-0.39, 0.29) is 5.75 Å². The van der Waals surface area contributed by atoms with Crippen molar-refractivity contribution < 1.29 is 5.11 Å². The van der Waals surface area contributed by atoms with E-state index in [4.69, 9.17) is 5.73 Å². The Morgan fingerprint density at radius 1 is 1.44 bits per heavy atom. The van der Waals surface area contributed by atoms with Gasteiger partial charge in [0.1, 0.15) is 5.75 Å². The van der Waals surface area contributed by atoms with Crippen molar-refractivity contribution >= 4 is 5.69 Å². The van der Waals surface area contributed by atoms with Gasteiger partial charge in [-0.25, -0.2) is 0 Å². The topological polar surface area (TPSA) is 49.5 Å². The number of anilines is 1. The number of nitrogens with two attached hydrogens (primary N) is 1. The van der Waals surface area contributed by atoms with Gasteiger partial charge in [-0.15, -0.1) is 0 Å². The van der Waals surface area contributed by atoms with Crippen LogP contribution in [0.4, 0.5) is 5.69 Å². The second kappa shape index (κ2) is 4.74. The minimum absolute atomic E-state index is 0.172. The maximum absolute atomic E-state index is 9.33. The Morgan fingerprint density at radius 3 is 2.75 bits per heavy atom. The van der Waals surface area contributed by atoms with Crippen molar-refractivity contribution in [1.82, 2.24) is 4.90 Å². The molecule has 16 heavy (non-hydrogen) atoms. The van der Waals surface area contributed by atoms with Crippen LogP contribution >= 0.6 is 0 Å². The Bertz CT molecular complexity index is 361. The zero-order chi connectivity index (χ0) is 11.5. The fourth-order valence-corrected chi connectivity index (χ4v) is 2.19. The highest BCUT2D eigenvalue weighted by Crippen LogP contribution is 2.27. The number of nitrogens with zero attached hydrogens (tertiary/aromatic N) is 1. The largest absolute Gasteiger partial charge is 0.506 e. The second-order valence-corrected chi connectivity index (χ2v) is 4.89. The molecule has 1 aliphatic rings. The minimum atomic E-state index is 0.172. The van der Waals surface area contributed by atoms with Crippen molar-refractivity contribution in [2.45, 2.75) is 25.8 Å². The molecule has 0 aromatic heterocycles. The van der Waals surface area contributed by atoms with E-state index in [1.807, 2.05) is 12.1 Å². The molecule has 0 heterocycles. The number of phenols is 1.